The highest BCUT2D eigenvalue weighted by Gasteiger charge is 2.34. The van der Waals surface area contributed by atoms with Crippen LogP contribution in [0.3, 0.4) is 0 Å². The van der Waals surface area contributed by atoms with Gasteiger partial charge in [0.15, 0.2) is 6.17 Å². The van der Waals surface area contributed by atoms with Gasteiger partial charge in [-0.2, -0.15) is 10.2 Å². The van der Waals surface area contributed by atoms with Crippen LogP contribution in [0.2, 0.25) is 0 Å². The Morgan fingerprint density at radius 1 is 1.33 bits per heavy atom. The van der Waals surface area contributed by atoms with Gasteiger partial charge in [0.25, 0.3) is 5.91 Å². The number of nitrogens with zero attached hydrogens (tertiary/aromatic N) is 3. The molecule has 1 atom stereocenters. The molecule has 0 radical (unpaired) electrons. The number of carbonyl (C=O) groups is 1. The molecule has 1 heterocycles. The molecule has 0 spiro atoms. The molecule has 96 valence electrons. The highest BCUT2D eigenvalue weighted by atomic mass is 16.2. The monoisotopic (exact) mass is 246 g/mol. The van der Waals surface area contributed by atoms with Crippen LogP contribution in [0.15, 0.2) is 34.5 Å². The number of hydrogen-bond acceptors (Lipinski definition) is 4. The number of benzene rings is 1. The predicted octanol–water partition coefficient (Wildman–Crippen LogP) is 2.66. The molecule has 18 heavy (non-hydrogen) atoms. The molecule has 0 saturated heterocycles. The van der Waals surface area contributed by atoms with Gasteiger partial charge in [-0.1, -0.05) is 38.0 Å². The average molecular weight is 246 g/mol. The molecule has 2 N–H and O–H groups in total. The average Bonchev–Trinajstić information content (AvgIpc) is 2.64. The maximum atomic E-state index is 11.8. The minimum atomic E-state index is -0.463. The number of hydrazine groups is 1. The Hall–Kier alpha value is -1.75. The first-order valence-electron chi connectivity index (χ1n) is 6.29. The van der Waals surface area contributed by atoms with E-state index in [9.17, 15) is 4.79 Å². The van der Waals surface area contributed by atoms with E-state index in [-0.39, 0.29) is 5.91 Å². The van der Waals surface area contributed by atoms with Gasteiger partial charge in [0.2, 0.25) is 0 Å². The van der Waals surface area contributed by atoms with Crippen LogP contribution in [0.25, 0.3) is 0 Å². The lowest BCUT2D eigenvalue weighted by molar-refractivity contribution is 0.0725. The normalized spacial score (nSPS) is 18.7. The first-order valence-corrected chi connectivity index (χ1v) is 6.29. The number of azo groups is 1. The van der Waals surface area contributed by atoms with Crippen molar-refractivity contribution in [3.05, 3.63) is 35.4 Å². The topological polar surface area (TPSA) is 71.0 Å². The zero-order valence-electron chi connectivity index (χ0n) is 10.5. The summed E-state index contributed by atoms with van der Waals surface area (Å²) in [5.41, 5.74) is 1.46. The molecule has 0 fully saturated rings. The lowest BCUT2D eigenvalue weighted by atomic mass is 10.1. The van der Waals surface area contributed by atoms with Gasteiger partial charge >= 0.3 is 0 Å². The molecular formula is C13H18N4O. The molecule has 1 amide bonds. The van der Waals surface area contributed by atoms with Crippen LogP contribution in [-0.4, -0.2) is 17.5 Å². The zero-order chi connectivity index (χ0) is 13.0. The molecule has 2 rings (SSSR count). The van der Waals surface area contributed by atoms with Gasteiger partial charge in [-0.3, -0.25) is 4.79 Å². The van der Waals surface area contributed by atoms with Crippen LogP contribution in [0.4, 0.5) is 0 Å². The first kappa shape index (κ1) is 12.7. The summed E-state index contributed by atoms with van der Waals surface area (Å²) in [7, 11) is 0. The van der Waals surface area contributed by atoms with Crippen molar-refractivity contribution >= 4 is 5.91 Å². The molecule has 0 bridgehead atoms. The minimum Gasteiger partial charge on any atom is -0.268 e. The minimum absolute atomic E-state index is 0.192. The second kappa shape index (κ2) is 5.73. The van der Waals surface area contributed by atoms with Gasteiger partial charge in [0, 0.05) is 11.1 Å². The third-order valence-corrected chi connectivity index (χ3v) is 3.02. The second-order valence-corrected chi connectivity index (χ2v) is 4.36. The number of carbonyl (C=O) groups excluding carboxylic acids is 1. The van der Waals surface area contributed by atoms with Gasteiger partial charge in [-0.05, 0) is 12.5 Å². The van der Waals surface area contributed by atoms with E-state index in [1.165, 1.54) is 0 Å². The van der Waals surface area contributed by atoms with E-state index in [2.05, 4.69) is 17.2 Å². The Morgan fingerprint density at radius 3 is 2.89 bits per heavy atom. The molecule has 5 heteroatoms. The van der Waals surface area contributed by atoms with E-state index in [4.69, 9.17) is 5.84 Å². The lowest BCUT2D eigenvalue weighted by Crippen LogP contribution is -2.33. The third kappa shape index (κ3) is 2.41. The smallest absolute Gasteiger partial charge is 0.268 e. The number of fused-ring (bicyclic) bond motifs is 1. The maximum absolute atomic E-state index is 11.8. The Balaban J connectivity index is 2.07. The van der Waals surface area contributed by atoms with Crippen LogP contribution in [0.1, 0.15) is 48.3 Å². The van der Waals surface area contributed by atoms with Gasteiger partial charge in [0.05, 0.1) is 6.54 Å². The van der Waals surface area contributed by atoms with E-state index in [1.807, 2.05) is 18.2 Å². The van der Waals surface area contributed by atoms with Crippen LogP contribution in [-0.2, 0) is 0 Å². The van der Waals surface area contributed by atoms with Gasteiger partial charge in [-0.25, -0.2) is 10.9 Å². The number of hydrogen-bond donors (Lipinski definition) is 1. The van der Waals surface area contributed by atoms with Gasteiger partial charge in [0.1, 0.15) is 0 Å². The highest BCUT2D eigenvalue weighted by molar-refractivity contribution is 5.98. The largest absolute Gasteiger partial charge is 0.270 e. The number of amides is 1. The summed E-state index contributed by atoms with van der Waals surface area (Å²) < 4.78 is 0. The Labute approximate surface area is 107 Å². The molecule has 1 aliphatic rings. The summed E-state index contributed by atoms with van der Waals surface area (Å²) in [5, 5.41) is 9.45. The number of rotatable bonds is 5. The summed E-state index contributed by atoms with van der Waals surface area (Å²) >= 11 is 0. The SMILES string of the molecule is CCCCCN=NC1c2ccccc2C(=O)N1N. The van der Waals surface area contributed by atoms with Crippen LogP contribution in [0.5, 0.6) is 0 Å². The predicted molar refractivity (Wildman–Crippen MR) is 68.8 cm³/mol. The highest BCUT2D eigenvalue weighted by Crippen LogP contribution is 2.31. The molecule has 1 aliphatic heterocycles. The van der Waals surface area contributed by atoms with E-state index < -0.39 is 6.17 Å². The summed E-state index contributed by atoms with van der Waals surface area (Å²) in [5.74, 6) is 5.55. The fourth-order valence-electron chi connectivity index (χ4n) is 2.00. The number of nitrogens with two attached hydrogens (primary N) is 1. The lowest BCUT2D eigenvalue weighted by Gasteiger charge is -2.14. The van der Waals surface area contributed by atoms with Crippen molar-refractivity contribution in [3.8, 4) is 0 Å². The summed E-state index contributed by atoms with van der Waals surface area (Å²) in [4.78, 5) is 11.8. The van der Waals surface area contributed by atoms with Gasteiger partial charge < -0.3 is 0 Å². The first-order chi connectivity index (χ1) is 8.75. The van der Waals surface area contributed by atoms with Crippen molar-refractivity contribution < 1.29 is 4.79 Å². The Morgan fingerprint density at radius 2 is 2.11 bits per heavy atom. The summed E-state index contributed by atoms with van der Waals surface area (Å²) in [6, 6.07) is 7.34. The van der Waals surface area contributed by atoms with Crippen LogP contribution < -0.4 is 5.84 Å². The standard InChI is InChI=1S/C13H18N4O/c1-2-3-6-9-15-16-12-10-7-4-5-8-11(10)13(18)17(12)14/h4-5,7-8,12H,2-3,6,9,14H2,1H3. The summed E-state index contributed by atoms with van der Waals surface area (Å²) in [6.45, 7) is 2.83. The Bertz CT molecular complexity index is 458. The van der Waals surface area contributed by atoms with Crippen LogP contribution >= 0.6 is 0 Å². The maximum Gasteiger partial charge on any atom is 0.270 e. The number of unbranched alkanes of at least 4 members (excludes halogenated alkanes) is 2. The fourth-order valence-corrected chi connectivity index (χ4v) is 2.00. The van der Waals surface area contributed by atoms with E-state index in [0.717, 1.165) is 29.8 Å². The van der Waals surface area contributed by atoms with Crippen molar-refractivity contribution in [2.75, 3.05) is 6.54 Å². The van der Waals surface area contributed by atoms with Crippen molar-refractivity contribution in [3.63, 3.8) is 0 Å². The molecule has 0 saturated carbocycles. The van der Waals surface area contributed by atoms with Crippen LogP contribution in [0, 0.1) is 0 Å². The van der Waals surface area contributed by atoms with Crippen molar-refractivity contribution in [2.45, 2.75) is 32.4 Å². The quantitative estimate of drug-likeness (QED) is 0.375. The van der Waals surface area contributed by atoms with Crippen molar-refractivity contribution in [1.82, 2.24) is 5.01 Å². The molecule has 1 aromatic rings. The molecule has 5 nitrogen and oxygen atoms in total. The molecule has 0 aliphatic carbocycles. The van der Waals surface area contributed by atoms with Crippen molar-refractivity contribution in [2.24, 2.45) is 16.1 Å². The van der Waals surface area contributed by atoms with Crippen molar-refractivity contribution in [1.29, 1.82) is 0 Å². The second-order valence-electron chi connectivity index (χ2n) is 4.36. The van der Waals surface area contributed by atoms with E-state index in [1.54, 1.807) is 6.07 Å². The molecule has 1 unspecified atom stereocenters. The Kier molecular flexibility index (Phi) is 4.04. The fraction of sp³-hybridized carbons (Fsp3) is 0.462. The molecule has 0 aromatic heterocycles. The molecule has 1 aromatic carbocycles. The zero-order valence-corrected chi connectivity index (χ0v) is 10.5. The van der Waals surface area contributed by atoms with Gasteiger partial charge in [-0.15, -0.1) is 0 Å². The molecular weight excluding hydrogens is 228 g/mol. The van der Waals surface area contributed by atoms with E-state index in [0.29, 0.717) is 12.1 Å². The summed E-state index contributed by atoms with van der Waals surface area (Å²) in [6.07, 6.45) is 2.86. The van der Waals surface area contributed by atoms with E-state index >= 15 is 0 Å². The third-order valence-electron chi connectivity index (χ3n) is 3.02.